The summed E-state index contributed by atoms with van der Waals surface area (Å²) in [5, 5.41) is 27.2. The van der Waals surface area contributed by atoms with Gasteiger partial charge in [0.2, 0.25) is 11.8 Å². The minimum absolute atomic E-state index is 0.00154. The van der Waals surface area contributed by atoms with Crippen LogP contribution in [0.1, 0.15) is 19.3 Å². The molecule has 16 nitrogen and oxygen atoms in total. The first-order chi connectivity index (χ1) is 18.3. The summed E-state index contributed by atoms with van der Waals surface area (Å²) in [7, 11) is 0. The van der Waals surface area contributed by atoms with E-state index in [0.717, 1.165) is 17.1 Å². The summed E-state index contributed by atoms with van der Waals surface area (Å²) in [6, 6.07) is 0. The average Bonchev–Trinajstić information content (AvgIpc) is 3.22. The Balaban J connectivity index is 2.22. The summed E-state index contributed by atoms with van der Waals surface area (Å²) in [4.78, 5) is 70.7. The van der Waals surface area contributed by atoms with Gasteiger partial charge in [-0.1, -0.05) is 0 Å². The first kappa shape index (κ1) is 32.3. The smallest absolute Gasteiger partial charge is 0.407 e. The van der Waals surface area contributed by atoms with Gasteiger partial charge >= 0.3 is 12.2 Å². The molecule has 1 heterocycles. The van der Waals surface area contributed by atoms with Crippen LogP contribution in [0.25, 0.3) is 0 Å². The summed E-state index contributed by atoms with van der Waals surface area (Å²) in [5.74, 6) is -1.58. The van der Waals surface area contributed by atoms with Crippen LogP contribution in [-0.4, -0.2) is 123 Å². The molecule has 0 aromatic heterocycles. The molecule has 6 amide bonds. The lowest BCUT2D eigenvalue weighted by molar-refractivity contribution is -0.137. The van der Waals surface area contributed by atoms with Crippen molar-refractivity contribution in [2.24, 2.45) is 0 Å². The van der Waals surface area contributed by atoms with Gasteiger partial charge in [0.25, 0.3) is 11.8 Å². The molecule has 38 heavy (non-hydrogen) atoms. The highest BCUT2D eigenvalue weighted by Gasteiger charge is 2.23. The summed E-state index contributed by atoms with van der Waals surface area (Å²) < 4.78 is 15.4. The predicted octanol–water partition coefficient (Wildman–Crippen LogP) is -2.86. The molecule has 16 heteroatoms. The van der Waals surface area contributed by atoms with Crippen LogP contribution in [0.2, 0.25) is 0 Å². The maximum Gasteiger partial charge on any atom is 0.407 e. The normalized spacial score (nSPS) is 12.4. The molecule has 0 aliphatic carbocycles. The summed E-state index contributed by atoms with van der Waals surface area (Å²) in [5.41, 5.74) is 0. The van der Waals surface area contributed by atoms with E-state index in [-0.39, 0.29) is 90.4 Å². The zero-order valence-corrected chi connectivity index (χ0v) is 20.9. The lowest BCUT2D eigenvalue weighted by Crippen LogP contribution is -2.37. The van der Waals surface area contributed by atoms with Crippen molar-refractivity contribution < 1.29 is 53.2 Å². The van der Waals surface area contributed by atoms with Crippen molar-refractivity contribution in [3.05, 3.63) is 12.2 Å². The Morgan fingerprint density at radius 2 is 1.26 bits per heavy atom. The second-order valence-corrected chi connectivity index (χ2v) is 7.71. The molecule has 0 radical (unpaired) electrons. The zero-order valence-electron chi connectivity index (χ0n) is 20.9. The Morgan fingerprint density at radius 3 is 1.76 bits per heavy atom. The van der Waals surface area contributed by atoms with E-state index >= 15 is 0 Å². The van der Waals surface area contributed by atoms with Crippen LogP contribution < -0.4 is 21.3 Å². The minimum atomic E-state index is -0.824. The number of hydrogen-bond donors (Lipinski definition) is 6. The standard InChI is InChI=1S/C22H35N5O11/c28-11-8-25-21(34)37-14-16(15-38-22(35)26-9-12-29)36-13-1-2-17(30)23-6-7-24-18(31)5-10-27-19(32)3-4-20(27)33/h3-4,16,28-29H,1-2,5-15H2,(H,23,30)(H,24,31)(H,25,34)(H,26,35). The van der Waals surface area contributed by atoms with E-state index in [1.54, 1.807) is 0 Å². The van der Waals surface area contributed by atoms with Crippen molar-refractivity contribution in [2.45, 2.75) is 25.4 Å². The highest BCUT2D eigenvalue weighted by molar-refractivity contribution is 6.13. The molecule has 0 spiro atoms. The van der Waals surface area contributed by atoms with Crippen LogP contribution in [0.3, 0.4) is 0 Å². The molecular formula is C22H35N5O11. The van der Waals surface area contributed by atoms with Gasteiger partial charge in [0, 0.05) is 64.3 Å². The van der Waals surface area contributed by atoms with Gasteiger partial charge < -0.3 is 45.7 Å². The van der Waals surface area contributed by atoms with E-state index in [4.69, 9.17) is 24.4 Å². The molecule has 1 aliphatic heterocycles. The summed E-state index contributed by atoms with van der Waals surface area (Å²) in [6.07, 6.45) is 0.220. The second-order valence-electron chi connectivity index (χ2n) is 7.71. The number of aliphatic hydroxyl groups is 2. The fourth-order valence-corrected chi connectivity index (χ4v) is 2.83. The largest absolute Gasteiger partial charge is 0.447 e. The fourth-order valence-electron chi connectivity index (χ4n) is 2.83. The molecule has 1 rings (SSSR count). The van der Waals surface area contributed by atoms with E-state index in [1.807, 2.05) is 0 Å². The monoisotopic (exact) mass is 545 g/mol. The Labute approximate surface area is 219 Å². The second kappa shape index (κ2) is 19.4. The quantitative estimate of drug-likeness (QED) is 0.0715. The number of rotatable bonds is 19. The highest BCUT2D eigenvalue weighted by atomic mass is 16.6. The van der Waals surface area contributed by atoms with Gasteiger partial charge in [-0.15, -0.1) is 0 Å². The fraction of sp³-hybridized carbons (Fsp3) is 0.636. The number of aliphatic hydroxyl groups excluding tert-OH is 2. The third-order valence-corrected chi connectivity index (χ3v) is 4.70. The van der Waals surface area contributed by atoms with Gasteiger partial charge in [-0.25, -0.2) is 9.59 Å². The zero-order chi connectivity index (χ0) is 28.2. The van der Waals surface area contributed by atoms with Crippen molar-refractivity contribution in [2.75, 3.05) is 65.8 Å². The van der Waals surface area contributed by atoms with Crippen molar-refractivity contribution in [1.29, 1.82) is 0 Å². The van der Waals surface area contributed by atoms with Crippen molar-refractivity contribution in [1.82, 2.24) is 26.2 Å². The van der Waals surface area contributed by atoms with Gasteiger partial charge in [-0.05, 0) is 6.42 Å². The lowest BCUT2D eigenvalue weighted by Gasteiger charge is -2.18. The van der Waals surface area contributed by atoms with Gasteiger partial charge in [0.15, 0.2) is 0 Å². The average molecular weight is 546 g/mol. The number of nitrogens with one attached hydrogen (secondary N) is 4. The number of imide groups is 1. The molecule has 0 unspecified atom stereocenters. The molecule has 214 valence electrons. The first-order valence-corrected chi connectivity index (χ1v) is 12.0. The Morgan fingerprint density at radius 1 is 0.763 bits per heavy atom. The highest BCUT2D eigenvalue weighted by Crippen LogP contribution is 2.04. The van der Waals surface area contributed by atoms with Crippen LogP contribution in [0.15, 0.2) is 12.2 Å². The molecule has 6 N–H and O–H groups in total. The molecule has 0 aromatic rings. The third kappa shape index (κ3) is 14.7. The molecule has 0 bridgehead atoms. The van der Waals surface area contributed by atoms with Gasteiger partial charge in [-0.3, -0.25) is 24.1 Å². The summed E-state index contributed by atoms with van der Waals surface area (Å²) >= 11 is 0. The van der Waals surface area contributed by atoms with E-state index in [0.29, 0.717) is 6.42 Å². The molecule has 0 saturated carbocycles. The van der Waals surface area contributed by atoms with Crippen LogP contribution >= 0.6 is 0 Å². The number of ether oxygens (including phenoxy) is 3. The van der Waals surface area contributed by atoms with E-state index < -0.39 is 30.1 Å². The number of nitrogens with zero attached hydrogens (tertiary/aromatic N) is 1. The molecular weight excluding hydrogens is 510 g/mol. The summed E-state index contributed by atoms with van der Waals surface area (Å²) in [6.45, 7) is -0.652. The van der Waals surface area contributed by atoms with Crippen molar-refractivity contribution >= 4 is 35.8 Å². The van der Waals surface area contributed by atoms with E-state index in [9.17, 15) is 28.8 Å². The lowest BCUT2D eigenvalue weighted by atomic mass is 10.3. The van der Waals surface area contributed by atoms with E-state index in [1.165, 1.54) is 0 Å². The number of carbonyl (C=O) groups excluding carboxylic acids is 6. The molecule has 0 aromatic carbocycles. The number of carbonyl (C=O) groups is 6. The van der Waals surface area contributed by atoms with Gasteiger partial charge in [0.05, 0.1) is 13.2 Å². The number of hydrogen-bond acceptors (Lipinski definition) is 11. The van der Waals surface area contributed by atoms with Gasteiger partial charge in [0.1, 0.15) is 19.3 Å². The van der Waals surface area contributed by atoms with Crippen LogP contribution in [0.4, 0.5) is 9.59 Å². The molecule has 0 atom stereocenters. The Bertz CT molecular complexity index is 795. The van der Waals surface area contributed by atoms with Crippen molar-refractivity contribution in [3.8, 4) is 0 Å². The van der Waals surface area contributed by atoms with Crippen molar-refractivity contribution in [3.63, 3.8) is 0 Å². The predicted molar refractivity (Wildman–Crippen MR) is 128 cm³/mol. The molecule has 1 aliphatic rings. The molecule has 0 saturated heterocycles. The topological polar surface area (TPSA) is 222 Å². The van der Waals surface area contributed by atoms with Gasteiger partial charge in [-0.2, -0.15) is 0 Å². The van der Waals surface area contributed by atoms with Crippen LogP contribution in [0.5, 0.6) is 0 Å². The van der Waals surface area contributed by atoms with Crippen LogP contribution in [0, 0.1) is 0 Å². The maximum absolute atomic E-state index is 12.0. The number of amides is 6. The van der Waals surface area contributed by atoms with E-state index in [2.05, 4.69) is 21.3 Å². The Kier molecular flexibility index (Phi) is 16.4. The maximum atomic E-state index is 12.0. The first-order valence-electron chi connectivity index (χ1n) is 12.0. The van der Waals surface area contributed by atoms with Crippen LogP contribution in [-0.2, 0) is 33.4 Å². The Hall–Kier alpha value is -3.76. The third-order valence-electron chi connectivity index (χ3n) is 4.70. The number of alkyl carbamates (subject to hydrolysis) is 2. The SMILES string of the molecule is O=C(CCCOC(COC(=O)NCCO)COC(=O)NCCO)NCCNC(=O)CCN1C(=O)C=CC1=O. The minimum Gasteiger partial charge on any atom is -0.447 e. The molecule has 0 fully saturated rings.